The van der Waals surface area contributed by atoms with Gasteiger partial charge < -0.3 is 5.32 Å². The van der Waals surface area contributed by atoms with E-state index in [1.165, 1.54) is 4.68 Å². The first-order chi connectivity index (χ1) is 14.1. The van der Waals surface area contributed by atoms with E-state index in [1.807, 2.05) is 49.4 Å². The zero-order valence-electron chi connectivity index (χ0n) is 15.7. The SMILES string of the molecule is Cc1nn(-c2ncccn2)c2c1[C@@H](C(=O)c1ccc3ccccc3c1)CC(=O)N2. The number of benzene rings is 2. The van der Waals surface area contributed by atoms with Crippen LogP contribution >= 0.6 is 0 Å². The minimum Gasteiger partial charge on any atom is -0.310 e. The summed E-state index contributed by atoms with van der Waals surface area (Å²) < 4.78 is 1.49. The van der Waals surface area contributed by atoms with E-state index in [2.05, 4.69) is 20.4 Å². The molecule has 0 fully saturated rings. The molecular formula is C22H17N5O2. The Morgan fingerprint density at radius 3 is 2.62 bits per heavy atom. The van der Waals surface area contributed by atoms with Crippen LogP contribution in [0.15, 0.2) is 60.9 Å². The molecule has 1 amide bonds. The summed E-state index contributed by atoms with van der Waals surface area (Å²) in [7, 11) is 0. The molecule has 0 aliphatic carbocycles. The highest BCUT2D eigenvalue weighted by atomic mass is 16.2. The number of nitrogens with one attached hydrogen (secondary N) is 1. The van der Waals surface area contributed by atoms with Crippen molar-refractivity contribution in [2.24, 2.45) is 0 Å². The molecule has 1 N–H and O–H groups in total. The first kappa shape index (κ1) is 17.2. The van der Waals surface area contributed by atoms with Gasteiger partial charge in [-0.1, -0.05) is 36.4 Å². The van der Waals surface area contributed by atoms with Crippen LogP contribution in [0.1, 0.15) is 34.0 Å². The molecular weight excluding hydrogens is 366 g/mol. The maximum atomic E-state index is 13.4. The third kappa shape index (κ3) is 2.87. The van der Waals surface area contributed by atoms with Crippen LogP contribution in [0, 0.1) is 6.92 Å². The number of hydrogen-bond acceptors (Lipinski definition) is 5. The molecule has 0 saturated carbocycles. The summed E-state index contributed by atoms with van der Waals surface area (Å²) in [5.74, 6) is -0.116. The summed E-state index contributed by atoms with van der Waals surface area (Å²) in [6, 6.07) is 15.2. The Morgan fingerprint density at radius 1 is 1.07 bits per heavy atom. The van der Waals surface area contributed by atoms with Crippen molar-refractivity contribution < 1.29 is 9.59 Å². The number of ketones is 1. The highest BCUT2D eigenvalue weighted by Crippen LogP contribution is 2.38. The quantitative estimate of drug-likeness (QED) is 0.548. The molecule has 1 atom stereocenters. The maximum Gasteiger partial charge on any atom is 0.252 e. The predicted molar refractivity (Wildman–Crippen MR) is 108 cm³/mol. The van der Waals surface area contributed by atoms with Crippen molar-refractivity contribution in [1.29, 1.82) is 0 Å². The lowest BCUT2D eigenvalue weighted by atomic mass is 9.85. The average molecular weight is 383 g/mol. The second-order valence-corrected chi connectivity index (χ2v) is 7.04. The van der Waals surface area contributed by atoms with Gasteiger partial charge in [-0.3, -0.25) is 9.59 Å². The van der Waals surface area contributed by atoms with Crippen LogP contribution in [0.25, 0.3) is 16.7 Å². The van der Waals surface area contributed by atoms with Crippen molar-refractivity contribution in [1.82, 2.24) is 19.7 Å². The second kappa shape index (κ2) is 6.63. The first-order valence-electron chi connectivity index (χ1n) is 9.31. The van der Waals surface area contributed by atoms with Crippen molar-refractivity contribution in [3.05, 3.63) is 77.7 Å². The van der Waals surface area contributed by atoms with Crippen molar-refractivity contribution in [3.63, 3.8) is 0 Å². The molecule has 142 valence electrons. The maximum absolute atomic E-state index is 13.4. The summed E-state index contributed by atoms with van der Waals surface area (Å²) in [4.78, 5) is 34.3. The molecule has 2 aromatic carbocycles. The molecule has 1 aliphatic heterocycles. The van der Waals surface area contributed by atoms with Gasteiger partial charge in [-0.25, -0.2) is 9.97 Å². The molecule has 1 aliphatic rings. The van der Waals surface area contributed by atoms with Crippen molar-refractivity contribution in [2.45, 2.75) is 19.3 Å². The van der Waals surface area contributed by atoms with Gasteiger partial charge in [-0.05, 0) is 29.8 Å². The molecule has 0 saturated heterocycles. The van der Waals surface area contributed by atoms with E-state index in [-0.39, 0.29) is 18.1 Å². The van der Waals surface area contributed by atoms with E-state index in [0.29, 0.717) is 23.0 Å². The summed E-state index contributed by atoms with van der Waals surface area (Å²) in [6.07, 6.45) is 3.29. The summed E-state index contributed by atoms with van der Waals surface area (Å²) >= 11 is 0. The smallest absolute Gasteiger partial charge is 0.252 e. The van der Waals surface area contributed by atoms with Gasteiger partial charge in [0, 0.05) is 29.9 Å². The molecule has 3 heterocycles. The number of carbonyl (C=O) groups is 2. The van der Waals surface area contributed by atoms with E-state index >= 15 is 0 Å². The largest absolute Gasteiger partial charge is 0.310 e. The molecule has 5 rings (SSSR count). The van der Waals surface area contributed by atoms with Crippen molar-refractivity contribution >= 4 is 28.3 Å². The normalized spacial score (nSPS) is 15.8. The number of anilines is 1. The average Bonchev–Trinajstić information content (AvgIpc) is 3.09. The van der Waals surface area contributed by atoms with Crippen LogP contribution in [0.4, 0.5) is 5.82 Å². The third-order valence-electron chi connectivity index (χ3n) is 5.19. The fourth-order valence-electron chi connectivity index (χ4n) is 3.86. The lowest BCUT2D eigenvalue weighted by Crippen LogP contribution is -2.28. The lowest BCUT2D eigenvalue weighted by Gasteiger charge is -2.23. The standard InChI is InChI=1S/C22H17N5O2/c1-13-19-17(20(29)16-8-7-14-5-2-3-6-15(14)11-16)12-18(28)25-21(19)27(26-13)22-23-9-4-10-24-22/h2-11,17H,12H2,1H3,(H,25,28)/t17-/m0/s1. The Hall–Kier alpha value is -3.87. The van der Waals surface area contributed by atoms with Crippen LogP contribution in [-0.4, -0.2) is 31.4 Å². The Bertz CT molecular complexity index is 1260. The first-order valence-corrected chi connectivity index (χ1v) is 9.31. The second-order valence-electron chi connectivity index (χ2n) is 7.04. The zero-order valence-corrected chi connectivity index (χ0v) is 15.7. The van der Waals surface area contributed by atoms with Crippen molar-refractivity contribution in [3.8, 4) is 5.95 Å². The van der Waals surface area contributed by atoms with E-state index < -0.39 is 5.92 Å². The monoisotopic (exact) mass is 383 g/mol. The minimum atomic E-state index is -0.600. The van der Waals surface area contributed by atoms with Crippen LogP contribution in [0.3, 0.4) is 0 Å². The number of aryl methyl sites for hydroxylation is 1. The number of Topliss-reactive ketones (excluding diaryl/α,β-unsaturated/α-hetero) is 1. The highest BCUT2D eigenvalue weighted by Gasteiger charge is 2.36. The van der Waals surface area contributed by atoms with Gasteiger partial charge in [0.25, 0.3) is 5.95 Å². The van der Waals surface area contributed by atoms with Gasteiger partial charge in [-0.2, -0.15) is 9.78 Å². The molecule has 2 aromatic heterocycles. The van der Waals surface area contributed by atoms with Gasteiger partial charge in [-0.15, -0.1) is 0 Å². The van der Waals surface area contributed by atoms with Gasteiger partial charge in [0.2, 0.25) is 5.91 Å². The van der Waals surface area contributed by atoms with Gasteiger partial charge in [0.05, 0.1) is 11.6 Å². The van der Waals surface area contributed by atoms with E-state index in [4.69, 9.17) is 0 Å². The van der Waals surface area contributed by atoms with Crippen LogP contribution < -0.4 is 5.32 Å². The predicted octanol–water partition coefficient (Wildman–Crippen LogP) is 3.43. The molecule has 29 heavy (non-hydrogen) atoms. The summed E-state index contributed by atoms with van der Waals surface area (Å²) in [6.45, 7) is 1.83. The Kier molecular flexibility index (Phi) is 3.94. The van der Waals surface area contributed by atoms with Crippen LogP contribution in [0.5, 0.6) is 0 Å². The number of nitrogens with zero attached hydrogens (tertiary/aromatic N) is 4. The van der Waals surface area contributed by atoms with Gasteiger partial charge in [0.1, 0.15) is 5.82 Å². The molecule has 0 unspecified atom stereocenters. The van der Waals surface area contributed by atoms with Crippen LogP contribution in [-0.2, 0) is 4.79 Å². The van der Waals surface area contributed by atoms with E-state index in [9.17, 15) is 9.59 Å². The number of amides is 1. The summed E-state index contributed by atoms with van der Waals surface area (Å²) in [5.41, 5.74) is 1.97. The third-order valence-corrected chi connectivity index (χ3v) is 5.19. The number of hydrogen-bond donors (Lipinski definition) is 1. The Balaban J connectivity index is 1.61. The van der Waals surface area contributed by atoms with Gasteiger partial charge >= 0.3 is 0 Å². The number of rotatable bonds is 3. The van der Waals surface area contributed by atoms with Gasteiger partial charge in [0.15, 0.2) is 5.78 Å². The highest BCUT2D eigenvalue weighted by molar-refractivity contribution is 6.09. The molecule has 0 bridgehead atoms. The Labute approximate surface area is 166 Å². The van der Waals surface area contributed by atoms with E-state index in [1.54, 1.807) is 18.5 Å². The molecule has 0 spiro atoms. The lowest BCUT2D eigenvalue weighted by molar-refractivity contribution is -0.116. The van der Waals surface area contributed by atoms with Crippen molar-refractivity contribution in [2.75, 3.05) is 5.32 Å². The number of fused-ring (bicyclic) bond motifs is 2. The van der Waals surface area contributed by atoms with E-state index in [0.717, 1.165) is 16.3 Å². The zero-order chi connectivity index (χ0) is 20.0. The Morgan fingerprint density at radius 2 is 1.83 bits per heavy atom. The molecule has 0 radical (unpaired) electrons. The summed E-state index contributed by atoms with van der Waals surface area (Å²) in [5, 5.41) is 9.40. The topological polar surface area (TPSA) is 89.8 Å². The minimum absolute atomic E-state index is 0.0842. The van der Waals surface area contributed by atoms with Crippen LogP contribution in [0.2, 0.25) is 0 Å². The number of aromatic nitrogens is 4. The molecule has 7 nitrogen and oxygen atoms in total. The molecule has 4 aromatic rings. The fraction of sp³-hybridized carbons (Fsp3) is 0.136. The fourth-order valence-corrected chi connectivity index (χ4v) is 3.86. The molecule has 7 heteroatoms. The number of carbonyl (C=O) groups excluding carboxylic acids is 2.